The second kappa shape index (κ2) is 5.02. The third-order valence-corrected chi connectivity index (χ3v) is 1.88. The lowest BCUT2D eigenvalue weighted by Gasteiger charge is -2.11. The molecule has 7 heteroatoms. The Bertz CT molecular complexity index is 354. The summed E-state index contributed by atoms with van der Waals surface area (Å²) >= 11 is 0. The maximum atomic E-state index is 12.3. The van der Waals surface area contributed by atoms with Gasteiger partial charge in [0.25, 0.3) is 0 Å². The van der Waals surface area contributed by atoms with E-state index in [0.29, 0.717) is 13.0 Å². The van der Waals surface area contributed by atoms with Gasteiger partial charge in [-0.15, -0.1) is 0 Å². The molecule has 1 aromatic heterocycles. The molecule has 4 N–H and O–H groups in total. The quantitative estimate of drug-likeness (QED) is 0.691. The van der Waals surface area contributed by atoms with Gasteiger partial charge in [0.15, 0.2) is 0 Å². The molecule has 90 valence electrons. The van der Waals surface area contributed by atoms with Crippen LogP contribution in [-0.4, -0.2) is 23.2 Å². The average molecular weight is 235 g/mol. The van der Waals surface area contributed by atoms with E-state index in [4.69, 9.17) is 10.8 Å². The van der Waals surface area contributed by atoms with Crippen LogP contribution in [0.4, 0.5) is 24.5 Å². The molecule has 0 aromatic carbocycles. The number of nitrogens with two attached hydrogens (primary N) is 1. The van der Waals surface area contributed by atoms with E-state index in [9.17, 15) is 13.2 Å². The minimum absolute atomic E-state index is 0.0376. The van der Waals surface area contributed by atoms with E-state index in [1.54, 1.807) is 0 Å². The highest BCUT2D eigenvalue weighted by Crippen LogP contribution is 2.30. The molecule has 0 spiro atoms. The third-order valence-electron chi connectivity index (χ3n) is 1.88. The molecule has 1 heterocycles. The number of rotatable bonds is 4. The topological polar surface area (TPSA) is 71.2 Å². The molecule has 0 unspecified atom stereocenters. The van der Waals surface area contributed by atoms with Gasteiger partial charge in [0.05, 0.1) is 17.6 Å². The van der Waals surface area contributed by atoms with Crippen LogP contribution in [-0.2, 0) is 6.18 Å². The molecule has 0 saturated carbocycles. The normalized spacial score (nSPS) is 11.5. The number of pyridine rings is 1. The van der Waals surface area contributed by atoms with Crippen LogP contribution in [0.1, 0.15) is 12.1 Å². The molecule has 1 aromatic rings. The van der Waals surface area contributed by atoms with E-state index in [0.717, 1.165) is 12.3 Å². The third kappa shape index (κ3) is 3.27. The van der Waals surface area contributed by atoms with Crippen molar-refractivity contribution in [3.05, 3.63) is 18.0 Å². The molecular weight excluding hydrogens is 223 g/mol. The van der Waals surface area contributed by atoms with Crippen LogP contribution in [0.5, 0.6) is 0 Å². The zero-order chi connectivity index (χ0) is 12.2. The van der Waals surface area contributed by atoms with E-state index < -0.39 is 11.9 Å². The summed E-state index contributed by atoms with van der Waals surface area (Å²) in [7, 11) is 0. The molecule has 16 heavy (non-hydrogen) atoms. The lowest BCUT2D eigenvalue weighted by molar-refractivity contribution is -0.141. The molecule has 4 nitrogen and oxygen atoms in total. The number of nitrogens with zero attached hydrogens (tertiary/aromatic N) is 1. The Labute approximate surface area is 90.3 Å². The first-order valence-corrected chi connectivity index (χ1v) is 4.62. The minimum Gasteiger partial charge on any atom is -0.396 e. The molecule has 0 radical (unpaired) electrons. The first kappa shape index (κ1) is 12.6. The molecule has 0 aliphatic heterocycles. The van der Waals surface area contributed by atoms with Crippen molar-refractivity contribution in [3.63, 3.8) is 0 Å². The number of hydrogen-bond acceptors (Lipinski definition) is 4. The van der Waals surface area contributed by atoms with Gasteiger partial charge in [-0.1, -0.05) is 0 Å². The van der Waals surface area contributed by atoms with Crippen LogP contribution in [0.15, 0.2) is 12.3 Å². The second-order valence-corrected chi connectivity index (χ2v) is 3.16. The maximum Gasteiger partial charge on any atom is 0.433 e. The fraction of sp³-hybridized carbons (Fsp3) is 0.444. The minimum atomic E-state index is -4.49. The van der Waals surface area contributed by atoms with E-state index in [1.807, 2.05) is 0 Å². The number of halogens is 3. The number of aromatic nitrogens is 1. The van der Waals surface area contributed by atoms with Crippen molar-refractivity contribution in [2.75, 3.05) is 24.2 Å². The Hall–Kier alpha value is -1.50. The SMILES string of the molecule is Nc1cnc(C(F)(F)F)cc1NCCCO. The Morgan fingerprint density at radius 3 is 2.69 bits per heavy atom. The van der Waals surface area contributed by atoms with Crippen LogP contribution in [0.3, 0.4) is 0 Å². The number of nitrogens with one attached hydrogen (secondary N) is 1. The predicted molar refractivity (Wildman–Crippen MR) is 53.8 cm³/mol. The molecule has 0 bridgehead atoms. The van der Waals surface area contributed by atoms with Crippen LogP contribution < -0.4 is 11.1 Å². The Morgan fingerprint density at radius 2 is 2.12 bits per heavy atom. The highest BCUT2D eigenvalue weighted by Gasteiger charge is 2.32. The summed E-state index contributed by atoms with van der Waals surface area (Å²) in [4.78, 5) is 3.20. The van der Waals surface area contributed by atoms with E-state index >= 15 is 0 Å². The fourth-order valence-electron chi connectivity index (χ4n) is 1.08. The number of aliphatic hydroxyl groups excluding tert-OH is 1. The van der Waals surface area contributed by atoms with Gasteiger partial charge in [0.2, 0.25) is 0 Å². The maximum absolute atomic E-state index is 12.3. The van der Waals surface area contributed by atoms with Crippen molar-refractivity contribution in [1.82, 2.24) is 4.98 Å². The van der Waals surface area contributed by atoms with E-state index in [2.05, 4.69) is 10.3 Å². The number of nitrogen functional groups attached to an aromatic ring is 1. The summed E-state index contributed by atoms with van der Waals surface area (Å²) in [6.07, 6.45) is -3.09. The van der Waals surface area contributed by atoms with Gasteiger partial charge in [0, 0.05) is 13.2 Å². The lowest BCUT2D eigenvalue weighted by Crippen LogP contribution is -2.11. The number of aliphatic hydroxyl groups is 1. The predicted octanol–water partition coefficient (Wildman–Crippen LogP) is 1.48. The molecule has 0 atom stereocenters. The molecular formula is C9H12F3N3O. The Balaban J connectivity index is 2.83. The van der Waals surface area contributed by atoms with Gasteiger partial charge < -0.3 is 16.2 Å². The highest BCUT2D eigenvalue weighted by molar-refractivity contribution is 5.65. The van der Waals surface area contributed by atoms with Gasteiger partial charge in [-0.25, -0.2) is 4.98 Å². The number of hydrogen-bond donors (Lipinski definition) is 3. The van der Waals surface area contributed by atoms with Crippen LogP contribution in [0.25, 0.3) is 0 Å². The second-order valence-electron chi connectivity index (χ2n) is 3.16. The first-order valence-electron chi connectivity index (χ1n) is 4.62. The summed E-state index contributed by atoms with van der Waals surface area (Å²) in [6, 6.07) is 0.854. The summed E-state index contributed by atoms with van der Waals surface area (Å²) in [5, 5.41) is 11.2. The van der Waals surface area contributed by atoms with E-state index in [-0.39, 0.29) is 18.0 Å². The molecule has 0 fully saturated rings. The summed E-state index contributed by atoms with van der Waals surface area (Å²) in [5.41, 5.74) is 4.79. The zero-order valence-electron chi connectivity index (χ0n) is 8.38. The Morgan fingerprint density at radius 1 is 1.44 bits per heavy atom. The standard InChI is InChI=1S/C9H12F3N3O/c10-9(11,12)8-4-7(6(13)5-15-8)14-2-1-3-16/h4-5,16H,1-3,13H2,(H,14,15). The molecule has 0 aliphatic rings. The van der Waals surface area contributed by atoms with Crippen molar-refractivity contribution in [1.29, 1.82) is 0 Å². The van der Waals surface area contributed by atoms with Crippen molar-refractivity contribution in [2.45, 2.75) is 12.6 Å². The summed E-state index contributed by atoms with van der Waals surface area (Å²) < 4.78 is 37.0. The largest absolute Gasteiger partial charge is 0.433 e. The van der Waals surface area contributed by atoms with Gasteiger partial charge in [0.1, 0.15) is 5.69 Å². The lowest BCUT2D eigenvalue weighted by atomic mass is 10.2. The summed E-state index contributed by atoms with van der Waals surface area (Å²) in [6.45, 7) is 0.312. The first-order chi connectivity index (χ1) is 7.45. The monoisotopic (exact) mass is 235 g/mol. The van der Waals surface area contributed by atoms with Crippen molar-refractivity contribution in [2.24, 2.45) is 0 Å². The Kier molecular flexibility index (Phi) is 3.94. The molecule has 1 rings (SSSR count). The van der Waals surface area contributed by atoms with Gasteiger partial charge in [-0.05, 0) is 12.5 Å². The molecule has 0 aliphatic carbocycles. The number of alkyl halides is 3. The highest BCUT2D eigenvalue weighted by atomic mass is 19.4. The fourth-order valence-corrected chi connectivity index (χ4v) is 1.08. The summed E-state index contributed by atoms with van der Waals surface area (Å²) in [5.74, 6) is 0. The van der Waals surface area contributed by atoms with Crippen molar-refractivity contribution in [3.8, 4) is 0 Å². The van der Waals surface area contributed by atoms with Crippen molar-refractivity contribution >= 4 is 11.4 Å². The number of anilines is 2. The van der Waals surface area contributed by atoms with Crippen LogP contribution in [0.2, 0.25) is 0 Å². The van der Waals surface area contributed by atoms with Crippen LogP contribution >= 0.6 is 0 Å². The zero-order valence-corrected chi connectivity index (χ0v) is 8.38. The van der Waals surface area contributed by atoms with Crippen LogP contribution in [0, 0.1) is 0 Å². The van der Waals surface area contributed by atoms with Crippen molar-refractivity contribution < 1.29 is 18.3 Å². The van der Waals surface area contributed by atoms with Gasteiger partial charge in [-0.2, -0.15) is 13.2 Å². The van der Waals surface area contributed by atoms with Gasteiger partial charge >= 0.3 is 6.18 Å². The molecule has 0 saturated heterocycles. The smallest absolute Gasteiger partial charge is 0.396 e. The average Bonchev–Trinajstić information content (AvgIpc) is 2.19. The molecule has 0 amide bonds. The van der Waals surface area contributed by atoms with Gasteiger partial charge in [-0.3, -0.25) is 0 Å². The van der Waals surface area contributed by atoms with E-state index in [1.165, 1.54) is 0 Å².